The van der Waals surface area contributed by atoms with Gasteiger partial charge in [-0.3, -0.25) is 0 Å². The summed E-state index contributed by atoms with van der Waals surface area (Å²) in [5, 5.41) is 4.25. The van der Waals surface area contributed by atoms with E-state index in [1.807, 2.05) is 0 Å². The largest absolute Gasteiger partial charge is 0.373 e. The van der Waals surface area contributed by atoms with E-state index in [0.29, 0.717) is 12.0 Å². The van der Waals surface area contributed by atoms with Crippen LogP contribution in [-0.4, -0.2) is 12.6 Å². The maximum absolute atomic E-state index is 5.96. The minimum atomic E-state index is 0.392. The van der Waals surface area contributed by atoms with E-state index < -0.39 is 0 Å². The van der Waals surface area contributed by atoms with Crippen LogP contribution in [0.3, 0.4) is 0 Å². The van der Waals surface area contributed by atoms with E-state index in [-0.39, 0.29) is 0 Å². The first kappa shape index (κ1) is 11.1. The van der Waals surface area contributed by atoms with Crippen LogP contribution in [0.5, 0.6) is 0 Å². The summed E-state index contributed by atoms with van der Waals surface area (Å²) in [6, 6.07) is 2.13. The van der Waals surface area contributed by atoms with Gasteiger partial charge in [0.25, 0.3) is 0 Å². The molecule has 0 aromatic carbocycles. The molecule has 84 valence electrons. The Morgan fingerprint density at radius 1 is 1.40 bits per heavy atom. The quantitative estimate of drug-likeness (QED) is 0.855. The monoisotopic (exact) mass is 225 g/mol. The fourth-order valence-electron chi connectivity index (χ4n) is 2.24. The van der Waals surface area contributed by atoms with E-state index in [4.69, 9.17) is 10.5 Å². The molecule has 0 amide bonds. The first-order chi connectivity index (χ1) is 7.40. The van der Waals surface area contributed by atoms with Gasteiger partial charge in [-0.25, -0.2) is 0 Å². The zero-order chi connectivity index (χ0) is 10.5. The van der Waals surface area contributed by atoms with E-state index in [0.717, 1.165) is 13.2 Å². The molecule has 1 aromatic rings. The molecular weight excluding hydrogens is 206 g/mol. The topological polar surface area (TPSA) is 35.2 Å². The molecule has 3 heteroatoms. The molecule has 0 spiro atoms. The summed E-state index contributed by atoms with van der Waals surface area (Å²) in [5.74, 6) is 0.581. The van der Waals surface area contributed by atoms with Gasteiger partial charge in [-0.2, -0.15) is 11.3 Å². The molecule has 1 aliphatic carbocycles. The Labute approximate surface area is 95.4 Å². The molecule has 0 aliphatic heterocycles. The van der Waals surface area contributed by atoms with E-state index in [1.54, 1.807) is 11.3 Å². The molecule has 1 saturated carbocycles. The zero-order valence-electron chi connectivity index (χ0n) is 9.02. The van der Waals surface area contributed by atoms with Gasteiger partial charge in [0.1, 0.15) is 0 Å². The molecule has 1 aromatic heterocycles. The molecule has 2 N–H and O–H groups in total. The van der Waals surface area contributed by atoms with E-state index in [1.165, 1.54) is 31.2 Å². The van der Waals surface area contributed by atoms with Crippen molar-refractivity contribution in [1.29, 1.82) is 0 Å². The number of thiophene rings is 1. The third-order valence-corrected chi connectivity index (χ3v) is 3.92. The number of hydrogen-bond acceptors (Lipinski definition) is 3. The Morgan fingerprint density at radius 2 is 2.27 bits per heavy atom. The third kappa shape index (κ3) is 3.03. The van der Waals surface area contributed by atoms with Crippen molar-refractivity contribution in [2.24, 2.45) is 11.7 Å². The van der Waals surface area contributed by atoms with Crippen molar-refractivity contribution in [2.45, 2.75) is 38.4 Å². The minimum Gasteiger partial charge on any atom is -0.373 e. The van der Waals surface area contributed by atoms with Crippen LogP contribution in [0.25, 0.3) is 0 Å². The molecular formula is C12H19NOS. The van der Waals surface area contributed by atoms with Crippen molar-refractivity contribution < 1.29 is 4.74 Å². The summed E-state index contributed by atoms with van der Waals surface area (Å²) in [6.45, 7) is 1.53. The highest BCUT2D eigenvalue weighted by molar-refractivity contribution is 7.07. The second-order valence-corrected chi connectivity index (χ2v) is 5.04. The lowest BCUT2D eigenvalue weighted by molar-refractivity contribution is -0.0181. The van der Waals surface area contributed by atoms with Crippen molar-refractivity contribution in [2.75, 3.05) is 6.54 Å². The molecule has 1 fully saturated rings. The van der Waals surface area contributed by atoms with Crippen molar-refractivity contribution >= 4 is 11.3 Å². The Hall–Kier alpha value is -0.380. The predicted molar refractivity (Wildman–Crippen MR) is 63.9 cm³/mol. The Bertz CT molecular complexity index is 273. The van der Waals surface area contributed by atoms with Crippen LogP contribution in [0.1, 0.15) is 31.2 Å². The highest BCUT2D eigenvalue weighted by Gasteiger charge is 2.24. The van der Waals surface area contributed by atoms with E-state index in [9.17, 15) is 0 Å². The van der Waals surface area contributed by atoms with Crippen molar-refractivity contribution in [3.05, 3.63) is 22.4 Å². The molecule has 2 rings (SSSR count). The van der Waals surface area contributed by atoms with Gasteiger partial charge >= 0.3 is 0 Å². The van der Waals surface area contributed by atoms with Gasteiger partial charge in [-0.15, -0.1) is 0 Å². The van der Waals surface area contributed by atoms with Gasteiger partial charge in [0.05, 0.1) is 12.7 Å². The Morgan fingerprint density at radius 3 is 3.00 bits per heavy atom. The van der Waals surface area contributed by atoms with Crippen LogP contribution in [0.15, 0.2) is 16.8 Å². The number of rotatable bonds is 4. The first-order valence-electron chi connectivity index (χ1n) is 5.73. The van der Waals surface area contributed by atoms with Gasteiger partial charge in [-0.05, 0) is 47.7 Å². The summed E-state index contributed by atoms with van der Waals surface area (Å²) in [6.07, 6.45) is 5.44. The normalized spacial score (nSPS) is 26.7. The summed E-state index contributed by atoms with van der Waals surface area (Å²) >= 11 is 1.73. The van der Waals surface area contributed by atoms with Crippen LogP contribution in [0, 0.1) is 5.92 Å². The molecule has 1 heterocycles. The minimum absolute atomic E-state index is 0.392. The Balaban J connectivity index is 1.81. The van der Waals surface area contributed by atoms with E-state index in [2.05, 4.69) is 16.8 Å². The zero-order valence-corrected chi connectivity index (χ0v) is 9.84. The highest BCUT2D eigenvalue weighted by atomic mass is 32.1. The lowest BCUT2D eigenvalue weighted by atomic mass is 9.86. The average Bonchev–Trinajstić information content (AvgIpc) is 2.79. The maximum atomic E-state index is 5.96. The summed E-state index contributed by atoms with van der Waals surface area (Å²) < 4.78 is 5.96. The SMILES string of the molecule is NCC1CCCCC1OCc1ccsc1. The fraction of sp³-hybridized carbons (Fsp3) is 0.667. The second-order valence-electron chi connectivity index (χ2n) is 4.26. The van der Waals surface area contributed by atoms with Crippen LogP contribution >= 0.6 is 11.3 Å². The lowest BCUT2D eigenvalue weighted by Gasteiger charge is -2.30. The first-order valence-corrected chi connectivity index (χ1v) is 6.67. The summed E-state index contributed by atoms with van der Waals surface area (Å²) in [4.78, 5) is 0. The molecule has 2 unspecified atom stereocenters. The number of nitrogens with two attached hydrogens (primary N) is 1. The van der Waals surface area contributed by atoms with Crippen LogP contribution in [0.2, 0.25) is 0 Å². The smallest absolute Gasteiger partial charge is 0.0728 e. The number of hydrogen-bond donors (Lipinski definition) is 1. The van der Waals surface area contributed by atoms with Gasteiger partial charge < -0.3 is 10.5 Å². The van der Waals surface area contributed by atoms with Crippen molar-refractivity contribution in [1.82, 2.24) is 0 Å². The fourth-order valence-corrected chi connectivity index (χ4v) is 2.89. The van der Waals surface area contributed by atoms with Gasteiger partial charge in [0, 0.05) is 0 Å². The molecule has 15 heavy (non-hydrogen) atoms. The summed E-state index contributed by atoms with van der Waals surface area (Å²) in [5.41, 5.74) is 7.06. The summed E-state index contributed by atoms with van der Waals surface area (Å²) in [7, 11) is 0. The molecule has 2 nitrogen and oxygen atoms in total. The molecule has 0 bridgehead atoms. The lowest BCUT2D eigenvalue weighted by Crippen LogP contribution is -2.33. The maximum Gasteiger partial charge on any atom is 0.0728 e. The average molecular weight is 225 g/mol. The molecule has 0 saturated heterocycles. The van der Waals surface area contributed by atoms with Gasteiger partial charge in [0.15, 0.2) is 0 Å². The second kappa shape index (κ2) is 5.64. The molecule has 2 atom stereocenters. The number of ether oxygens (including phenoxy) is 1. The Kier molecular flexibility index (Phi) is 4.18. The molecule has 1 aliphatic rings. The van der Waals surface area contributed by atoms with Gasteiger partial charge in [0.2, 0.25) is 0 Å². The van der Waals surface area contributed by atoms with E-state index >= 15 is 0 Å². The van der Waals surface area contributed by atoms with Crippen LogP contribution in [0.4, 0.5) is 0 Å². The van der Waals surface area contributed by atoms with Gasteiger partial charge in [-0.1, -0.05) is 12.8 Å². The van der Waals surface area contributed by atoms with Crippen molar-refractivity contribution in [3.63, 3.8) is 0 Å². The van der Waals surface area contributed by atoms with Crippen molar-refractivity contribution in [3.8, 4) is 0 Å². The predicted octanol–water partition coefficient (Wildman–Crippen LogP) is 2.78. The van der Waals surface area contributed by atoms with Crippen LogP contribution in [-0.2, 0) is 11.3 Å². The molecule has 0 radical (unpaired) electrons. The standard InChI is InChI=1S/C12H19NOS/c13-7-11-3-1-2-4-12(11)14-8-10-5-6-15-9-10/h5-6,9,11-12H,1-4,7-8,13H2. The van der Waals surface area contributed by atoms with Crippen LogP contribution < -0.4 is 5.73 Å². The third-order valence-electron chi connectivity index (χ3n) is 3.19. The highest BCUT2D eigenvalue weighted by Crippen LogP contribution is 2.26.